The molecule has 0 spiro atoms. The largest absolute Gasteiger partial charge is 0.416 e. The minimum absolute atomic E-state index is 0. The SMILES string of the molecule is Cl.FC(F)(F)c1cccc2c1COC1CN(Cc3ccccc3)CC21. The van der Waals surface area contributed by atoms with Crippen LogP contribution in [0.1, 0.15) is 28.2 Å². The summed E-state index contributed by atoms with van der Waals surface area (Å²) in [5.41, 5.74) is 1.77. The highest BCUT2D eigenvalue weighted by Crippen LogP contribution is 2.42. The first-order valence-electron chi connectivity index (χ1n) is 8.09. The zero-order valence-corrected chi connectivity index (χ0v) is 14.3. The van der Waals surface area contributed by atoms with Crippen LogP contribution in [-0.4, -0.2) is 24.1 Å². The van der Waals surface area contributed by atoms with Crippen LogP contribution in [0, 0.1) is 0 Å². The Bertz CT molecular complexity index is 735. The minimum Gasteiger partial charge on any atom is -0.371 e. The van der Waals surface area contributed by atoms with Crippen molar-refractivity contribution in [3.8, 4) is 0 Å². The third-order valence-corrected chi connectivity index (χ3v) is 4.95. The lowest BCUT2D eigenvalue weighted by atomic mass is 9.87. The topological polar surface area (TPSA) is 12.5 Å². The fraction of sp³-hybridized carbons (Fsp3) is 0.368. The Morgan fingerprint density at radius 2 is 1.76 bits per heavy atom. The second kappa shape index (κ2) is 6.98. The molecular weight excluding hydrogens is 351 g/mol. The van der Waals surface area contributed by atoms with Gasteiger partial charge in [0.05, 0.1) is 18.3 Å². The molecule has 134 valence electrons. The molecule has 2 aromatic rings. The van der Waals surface area contributed by atoms with E-state index in [1.807, 2.05) is 24.3 Å². The van der Waals surface area contributed by atoms with Crippen LogP contribution >= 0.6 is 12.4 Å². The Kier molecular flexibility index (Phi) is 5.09. The number of hydrogen-bond donors (Lipinski definition) is 0. The van der Waals surface area contributed by atoms with Crippen LogP contribution in [0.25, 0.3) is 0 Å². The quantitative estimate of drug-likeness (QED) is 0.765. The maximum Gasteiger partial charge on any atom is 0.416 e. The number of nitrogens with zero attached hydrogens (tertiary/aromatic N) is 1. The van der Waals surface area contributed by atoms with Crippen molar-refractivity contribution in [2.24, 2.45) is 0 Å². The Morgan fingerprint density at radius 3 is 2.48 bits per heavy atom. The van der Waals surface area contributed by atoms with Gasteiger partial charge in [0.25, 0.3) is 0 Å². The first kappa shape index (κ1) is 18.2. The Hall–Kier alpha value is -1.56. The lowest BCUT2D eigenvalue weighted by molar-refractivity contribution is -0.139. The predicted molar refractivity (Wildman–Crippen MR) is 91.7 cm³/mol. The Morgan fingerprint density at radius 1 is 1.00 bits per heavy atom. The molecule has 6 heteroatoms. The van der Waals surface area contributed by atoms with Crippen molar-refractivity contribution in [1.82, 2.24) is 4.90 Å². The molecule has 0 aromatic heterocycles. The van der Waals surface area contributed by atoms with Gasteiger partial charge < -0.3 is 4.74 Å². The Labute approximate surface area is 151 Å². The van der Waals surface area contributed by atoms with Crippen molar-refractivity contribution in [1.29, 1.82) is 0 Å². The molecule has 25 heavy (non-hydrogen) atoms. The van der Waals surface area contributed by atoms with Crippen LogP contribution in [-0.2, 0) is 24.1 Å². The number of halogens is 4. The van der Waals surface area contributed by atoms with E-state index >= 15 is 0 Å². The van der Waals surface area contributed by atoms with Crippen LogP contribution in [0.15, 0.2) is 48.5 Å². The molecule has 0 N–H and O–H groups in total. The fourth-order valence-electron chi connectivity index (χ4n) is 3.86. The van der Waals surface area contributed by atoms with E-state index < -0.39 is 11.7 Å². The predicted octanol–water partition coefficient (Wildman–Crippen LogP) is 4.63. The molecule has 1 saturated heterocycles. The van der Waals surface area contributed by atoms with Crippen molar-refractivity contribution >= 4 is 12.4 Å². The summed E-state index contributed by atoms with van der Waals surface area (Å²) in [5.74, 6) is 0.0137. The van der Waals surface area contributed by atoms with Gasteiger partial charge in [-0.3, -0.25) is 4.90 Å². The second-order valence-electron chi connectivity index (χ2n) is 6.51. The van der Waals surface area contributed by atoms with E-state index in [0.29, 0.717) is 5.56 Å². The van der Waals surface area contributed by atoms with Gasteiger partial charge in [0.2, 0.25) is 0 Å². The molecule has 0 aliphatic carbocycles. The molecule has 1 fully saturated rings. The van der Waals surface area contributed by atoms with Crippen LogP contribution in [0.2, 0.25) is 0 Å². The number of rotatable bonds is 2. The smallest absolute Gasteiger partial charge is 0.371 e. The maximum absolute atomic E-state index is 13.2. The highest BCUT2D eigenvalue weighted by Gasteiger charge is 2.42. The van der Waals surface area contributed by atoms with Crippen LogP contribution < -0.4 is 0 Å². The number of likely N-dealkylation sites (tertiary alicyclic amines) is 1. The van der Waals surface area contributed by atoms with Gasteiger partial charge in [0.15, 0.2) is 0 Å². The number of alkyl halides is 3. The lowest BCUT2D eigenvalue weighted by Crippen LogP contribution is -2.28. The van der Waals surface area contributed by atoms with Crippen molar-refractivity contribution in [3.63, 3.8) is 0 Å². The van der Waals surface area contributed by atoms with Crippen molar-refractivity contribution < 1.29 is 17.9 Å². The molecule has 2 heterocycles. The molecule has 2 aliphatic heterocycles. The summed E-state index contributed by atoms with van der Waals surface area (Å²) in [7, 11) is 0. The van der Waals surface area contributed by atoms with Gasteiger partial charge in [0, 0.05) is 25.6 Å². The fourth-order valence-corrected chi connectivity index (χ4v) is 3.86. The van der Waals surface area contributed by atoms with Gasteiger partial charge in [-0.05, 0) is 22.8 Å². The molecule has 0 amide bonds. The summed E-state index contributed by atoms with van der Waals surface area (Å²) in [6.07, 6.45) is -4.35. The summed E-state index contributed by atoms with van der Waals surface area (Å²) in [6.45, 7) is 2.33. The molecule has 0 saturated carbocycles. The standard InChI is InChI=1S/C19H18F3NO.ClH/c20-19(21,22)17-8-4-7-14-15-10-23(9-13-5-2-1-3-6-13)11-18(15)24-12-16(14)17;/h1-8,15,18H,9-12H2;1H. The van der Waals surface area contributed by atoms with E-state index in [2.05, 4.69) is 17.0 Å². The summed E-state index contributed by atoms with van der Waals surface area (Å²) in [5, 5.41) is 0. The van der Waals surface area contributed by atoms with Crippen LogP contribution in [0.5, 0.6) is 0 Å². The lowest BCUT2D eigenvalue weighted by Gasteiger charge is -2.29. The maximum atomic E-state index is 13.2. The molecular formula is C19H19ClF3NO. The third kappa shape index (κ3) is 3.54. The van der Waals surface area contributed by atoms with E-state index in [1.54, 1.807) is 0 Å². The van der Waals surface area contributed by atoms with Crippen molar-refractivity contribution in [2.45, 2.75) is 31.3 Å². The summed E-state index contributed by atoms with van der Waals surface area (Å²) < 4.78 is 45.4. The van der Waals surface area contributed by atoms with Gasteiger partial charge in [-0.2, -0.15) is 13.2 Å². The molecule has 4 rings (SSSR count). The average molecular weight is 370 g/mol. The molecule has 0 radical (unpaired) electrons. The van der Waals surface area contributed by atoms with Gasteiger partial charge in [-0.15, -0.1) is 12.4 Å². The van der Waals surface area contributed by atoms with Crippen LogP contribution in [0.3, 0.4) is 0 Å². The van der Waals surface area contributed by atoms with E-state index in [-0.39, 0.29) is 31.0 Å². The molecule has 2 aliphatic rings. The zero-order valence-electron chi connectivity index (χ0n) is 13.5. The molecule has 2 atom stereocenters. The van der Waals surface area contributed by atoms with Crippen molar-refractivity contribution in [2.75, 3.05) is 13.1 Å². The molecule has 2 aromatic carbocycles. The molecule has 2 nitrogen and oxygen atoms in total. The van der Waals surface area contributed by atoms with Gasteiger partial charge in [-0.25, -0.2) is 0 Å². The monoisotopic (exact) mass is 369 g/mol. The third-order valence-electron chi connectivity index (χ3n) is 4.95. The van der Waals surface area contributed by atoms with E-state index in [0.717, 1.165) is 31.3 Å². The highest BCUT2D eigenvalue weighted by molar-refractivity contribution is 5.85. The van der Waals surface area contributed by atoms with E-state index in [9.17, 15) is 13.2 Å². The minimum atomic E-state index is -4.33. The summed E-state index contributed by atoms with van der Waals surface area (Å²) >= 11 is 0. The number of fused-ring (bicyclic) bond motifs is 3. The van der Waals surface area contributed by atoms with Gasteiger partial charge >= 0.3 is 6.18 Å². The second-order valence-corrected chi connectivity index (χ2v) is 6.51. The van der Waals surface area contributed by atoms with E-state index in [1.165, 1.54) is 11.6 Å². The summed E-state index contributed by atoms with van der Waals surface area (Å²) in [4.78, 5) is 2.26. The van der Waals surface area contributed by atoms with Crippen LogP contribution in [0.4, 0.5) is 13.2 Å². The number of ether oxygens (including phenoxy) is 1. The summed E-state index contributed by atoms with van der Waals surface area (Å²) in [6, 6.07) is 14.6. The molecule has 2 unspecified atom stereocenters. The Balaban J connectivity index is 0.00000182. The first-order valence-corrected chi connectivity index (χ1v) is 8.09. The number of hydrogen-bond acceptors (Lipinski definition) is 2. The van der Waals surface area contributed by atoms with E-state index in [4.69, 9.17) is 4.74 Å². The zero-order chi connectivity index (χ0) is 16.7. The first-order chi connectivity index (χ1) is 11.5. The van der Waals surface area contributed by atoms with Gasteiger partial charge in [0.1, 0.15) is 0 Å². The number of benzene rings is 2. The highest BCUT2D eigenvalue weighted by atomic mass is 35.5. The van der Waals surface area contributed by atoms with Crippen molar-refractivity contribution in [3.05, 3.63) is 70.8 Å². The average Bonchev–Trinajstić information content (AvgIpc) is 2.97. The van der Waals surface area contributed by atoms with Gasteiger partial charge in [-0.1, -0.05) is 42.5 Å². The normalized spacial score (nSPS) is 22.8. The molecule has 0 bridgehead atoms.